The van der Waals surface area contributed by atoms with Gasteiger partial charge < -0.3 is 14.7 Å². The fraction of sp³-hybridized carbons (Fsp3) is 0.350. The normalized spacial score (nSPS) is 24.0. The lowest BCUT2D eigenvalue weighted by atomic mass is 9.78. The monoisotopic (exact) mass is 325 g/mol. The maximum absolute atomic E-state index is 13.0. The lowest BCUT2D eigenvalue weighted by molar-refractivity contribution is -0.134. The first-order chi connectivity index (χ1) is 11.5. The highest BCUT2D eigenvalue weighted by atomic mass is 16.5. The zero-order valence-electron chi connectivity index (χ0n) is 14.1. The molecule has 3 rings (SSSR count). The number of hydrogen-bond donors (Lipinski definition) is 1. The van der Waals surface area contributed by atoms with Crippen LogP contribution in [-0.4, -0.2) is 30.3 Å². The summed E-state index contributed by atoms with van der Waals surface area (Å²) in [7, 11) is 1.62. The number of carbonyl (C=O) groups excluding carboxylic acids is 1. The van der Waals surface area contributed by atoms with E-state index in [1.807, 2.05) is 54.6 Å². The standard InChI is InChI=1S/C20H23NO3/c1-20(23)12-13-21(16-8-10-17(24-2)11-9-16)19(22)18(20)14-15-6-4-3-5-7-15/h3-11,18,23H,12-14H2,1-2H3/t18-,20+/m0/s1. The van der Waals surface area contributed by atoms with Crippen LogP contribution in [0.15, 0.2) is 54.6 Å². The largest absolute Gasteiger partial charge is 0.497 e. The molecule has 24 heavy (non-hydrogen) atoms. The summed E-state index contributed by atoms with van der Waals surface area (Å²) in [4.78, 5) is 14.8. The quantitative estimate of drug-likeness (QED) is 0.940. The van der Waals surface area contributed by atoms with Crippen LogP contribution in [0.5, 0.6) is 5.75 Å². The molecule has 2 aromatic carbocycles. The van der Waals surface area contributed by atoms with Crippen LogP contribution in [0.25, 0.3) is 0 Å². The Morgan fingerprint density at radius 3 is 2.46 bits per heavy atom. The third-order valence-corrected chi connectivity index (χ3v) is 4.82. The van der Waals surface area contributed by atoms with Crippen LogP contribution in [0.4, 0.5) is 5.69 Å². The van der Waals surface area contributed by atoms with Crippen LogP contribution in [0.3, 0.4) is 0 Å². The van der Waals surface area contributed by atoms with Gasteiger partial charge >= 0.3 is 0 Å². The number of benzene rings is 2. The molecule has 0 spiro atoms. The first-order valence-corrected chi connectivity index (χ1v) is 8.23. The van der Waals surface area contributed by atoms with Gasteiger partial charge in [-0.25, -0.2) is 0 Å². The van der Waals surface area contributed by atoms with Crippen molar-refractivity contribution in [3.63, 3.8) is 0 Å². The van der Waals surface area contributed by atoms with Crippen LogP contribution < -0.4 is 9.64 Å². The molecule has 126 valence electrons. The van der Waals surface area contributed by atoms with Crippen molar-refractivity contribution in [2.75, 3.05) is 18.6 Å². The summed E-state index contributed by atoms with van der Waals surface area (Å²) in [6, 6.07) is 17.3. The average Bonchev–Trinajstić information content (AvgIpc) is 2.60. The van der Waals surface area contributed by atoms with Crippen molar-refractivity contribution < 1.29 is 14.6 Å². The first-order valence-electron chi connectivity index (χ1n) is 8.23. The van der Waals surface area contributed by atoms with E-state index in [4.69, 9.17) is 4.74 Å². The molecular formula is C20H23NO3. The minimum absolute atomic E-state index is 0.0275. The molecule has 1 fully saturated rings. The van der Waals surface area contributed by atoms with Crippen molar-refractivity contribution in [3.8, 4) is 5.75 Å². The Bertz CT molecular complexity index is 695. The number of piperidine rings is 1. The second kappa shape index (κ2) is 6.65. The number of nitrogens with zero attached hydrogens (tertiary/aromatic N) is 1. The molecule has 1 amide bonds. The van der Waals surface area contributed by atoms with Crippen molar-refractivity contribution in [1.29, 1.82) is 0 Å². The third kappa shape index (κ3) is 3.29. The number of amides is 1. The van der Waals surface area contributed by atoms with Gasteiger partial charge in [0.15, 0.2) is 0 Å². The highest BCUT2D eigenvalue weighted by molar-refractivity contribution is 5.96. The number of anilines is 1. The van der Waals surface area contributed by atoms with E-state index in [2.05, 4.69) is 0 Å². The van der Waals surface area contributed by atoms with Gasteiger partial charge in [0.05, 0.1) is 18.6 Å². The zero-order chi connectivity index (χ0) is 17.2. The molecule has 0 unspecified atom stereocenters. The molecule has 1 saturated heterocycles. The van der Waals surface area contributed by atoms with E-state index in [0.29, 0.717) is 19.4 Å². The molecule has 1 N–H and O–H groups in total. The molecule has 4 nitrogen and oxygen atoms in total. The highest BCUT2D eigenvalue weighted by Crippen LogP contribution is 2.34. The first kappa shape index (κ1) is 16.5. The van der Waals surface area contributed by atoms with Crippen molar-refractivity contribution in [1.82, 2.24) is 0 Å². The van der Waals surface area contributed by atoms with Crippen molar-refractivity contribution in [2.45, 2.75) is 25.4 Å². The van der Waals surface area contributed by atoms with Gasteiger partial charge in [-0.2, -0.15) is 0 Å². The minimum Gasteiger partial charge on any atom is -0.497 e. The summed E-state index contributed by atoms with van der Waals surface area (Å²) in [6.07, 6.45) is 1.10. The summed E-state index contributed by atoms with van der Waals surface area (Å²) in [5.41, 5.74) is 0.915. The van der Waals surface area contributed by atoms with Gasteiger partial charge in [-0.1, -0.05) is 30.3 Å². The van der Waals surface area contributed by atoms with E-state index in [9.17, 15) is 9.90 Å². The van der Waals surface area contributed by atoms with E-state index in [1.165, 1.54) is 0 Å². The molecule has 2 aromatic rings. The number of ether oxygens (including phenoxy) is 1. The van der Waals surface area contributed by atoms with E-state index in [-0.39, 0.29) is 5.91 Å². The number of aliphatic hydroxyl groups is 1. The maximum atomic E-state index is 13.0. The summed E-state index contributed by atoms with van der Waals surface area (Å²) in [6.45, 7) is 2.29. The molecule has 0 saturated carbocycles. The Morgan fingerprint density at radius 2 is 1.83 bits per heavy atom. The van der Waals surface area contributed by atoms with E-state index < -0.39 is 11.5 Å². The minimum atomic E-state index is -0.990. The Hall–Kier alpha value is -2.33. The number of carbonyl (C=O) groups is 1. The molecule has 1 aliphatic heterocycles. The molecule has 0 bridgehead atoms. The van der Waals surface area contributed by atoms with Crippen LogP contribution in [0, 0.1) is 5.92 Å². The maximum Gasteiger partial charge on any atom is 0.233 e. The number of hydrogen-bond acceptors (Lipinski definition) is 3. The van der Waals surface area contributed by atoms with Gasteiger partial charge in [0.25, 0.3) is 0 Å². The summed E-state index contributed by atoms with van der Waals surface area (Å²) < 4.78 is 5.17. The molecule has 2 atom stereocenters. The van der Waals surface area contributed by atoms with E-state index in [1.54, 1.807) is 18.9 Å². The van der Waals surface area contributed by atoms with Gasteiger partial charge in [-0.05, 0) is 49.6 Å². The van der Waals surface area contributed by atoms with Gasteiger partial charge in [-0.15, -0.1) is 0 Å². The van der Waals surface area contributed by atoms with Gasteiger partial charge in [-0.3, -0.25) is 4.79 Å². The summed E-state index contributed by atoms with van der Waals surface area (Å²) >= 11 is 0. The Labute approximate surface area is 142 Å². The van der Waals surface area contributed by atoms with Crippen LogP contribution in [0.1, 0.15) is 18.9 Å². The second-order valence-electron chi connectivity index (χ2n) is 6.54. The van der Waals surface area contributed by atoms with Crippen LogP contribution in [-0.2, 0) is 11.2 Å². The lowest BCUT2D eigenvalue weighted by Crippen LogP contribution is -2.55. The van der Waals surface area contributed by atoms with Crippen molar-refractivity contribution >= 4 is 11.6 Å². The molecule has 0 radical (unpaired) electrons. The molecule has 0 aliphatic carbocycles. The predicted octanol–water partition coefficient (Wildman–Crippen LogP) is 3.04. The van der Waals surface area contributed by atoms with Gasteiger partial charge in [0.2, 0.25) is 5.91 Å². The number of methoxy groups -OCH3 is 1. The lowest BCUT2D eigenvalue weighted by Gasteiger charge is -2.42. The Balaban J connectivity index is 1.84. The third-order valence-electron chi connectivity index (χ3n) is 4.82. The fourth-order valence-electron chi connectivity index (χ4n) is 3.25. The zero-order valence-corrected chi connectivity index (χ0v) is 14.1. The molecule has 1 heterocycles. The van der Waals surface area contributed by atoms with Crippen LogP contribution in [0.2, 0.25) is 0 Å². The summed E-state index contributed by atoms with van der Waals surface area (Å²) in [5.74, 6) is 0.284. The van der Waals surface area contributed by atoms with Crippen molar-refractivity contribution in [2.24, 2.45) is 5.92 Å². The molecular weight excluding hydrogens is 302 g/mol. The van der Waals surface area contributed by atoms with E-state index in [0.717, 1.165) is 17.0 Å². The number of rotatable bonds is 4. The topological polar surface area (TPSA) is 49.8 Å². The smallest absolute Gasteiger partial charge is 0.233 e. The highest BCUT2D eigenvalue weighted by Gasteiger charge is 2.44. The Morgan fingerprint density at radius 1 is 1.17 bits per heavy atom. The molecule has 4 heteroatoms. The van der Waals surface area contributed by atoms with Gasteiger partial charge in [0.1, 0.15) is 5.75 Å². The molecule has 1 aliphatic rings. The second-order valence-corrected chi connectivity index (χ2v) is 6.54. The average molecular weight is 325 g/mol. The molecule has 0 aromatic heterocycles. The predicted molar refractivity (Wildman–Crippen MR) is 94.2 cm³/mol. The Kier molecular flexibility index (Phi) is 4.58. The van der Waals surface area contributed by atoms with E-state index >= 15 is 0 Å². The SMILES string of the molecule is COc1ccc(N2CC[C@@](C)(O)[C@@H](Cc3ccccc3)C2=O)cc1. The summed E-state index contributed by atoms with van der Waals surface area (Å²) in [5, 5.41) is 10.7. The van der Waals surface area contributed by atoms with Gasteiger partial charge in [0, 0.05) is 12.2 Å². The van der Waals surface area contributed by atoms with Crippen LogP contribution >= 0.6 is 0 Å². The fourth-order valence-corrected chi connectivity index (χ4v) is 3.25. The van der Waals surface area contributed by atoms with Crippen molar-refractivity contribution in [3.05, 3.63) is 60.2 Å².